The molecule has 0 aromatic carbocycles. The van der Waals surface area contributed by atoms with Crippen molar-refractivity contribution in [2.75, 3.05) is 13.2 Å². The van der Waals surface area contributed by atoms with E-state index >= 15 is 0 Å². The van der Waals surface area contributed by atoms with E-state index in [1.165, 1.54) is 128 Å². The Morgan fingerprint density at radius 3 is 0.787 bits per heavy atom. The minimum absolute atomic E-state index is 0.0962. The fourth-order valence-electron chi connectivity index (χ4n) is 9.00. The summed E-state index contributed by atoms with van der Waals surface area (Å²) in [5.41, 5.74) is 0. The lowest BCUT2D eigenvalue weighted by molar-refractivity contribution is -0.167. The maximum atomic E-state index is 12.9. The van der Waals surface area contributed by atoms with E-state index in [-0.39, 0.29) is 37.5 Å². The zero-order valence-corrected chi connectivity index (χ0v) is 52.0. The molecule has 1 atom stereocenters. The standard InChI is InChI=1S/C74H122O6/c1-4-7-10-13-16-19-22-25-27-29-31-33-34-35-36-37-38-39-40-42-43-45-47-49-52-55-58-61-64-67-73(76)79-70-71(69-78-72(75)66-63-60-57-54-51-24-21-18-15-12-9-6-3)80-74(77)68-65-62-59-56-53-50-48-46-44-41-32-30-28-26-23-20-17-14-11-8-5-2/h7-8,10-11,16-17,19-20,25-28,31-33,35-36,41,46,48,53,56,71H,4-6,9,12-15,18,21-24,29-30,34,37-40,42-45,47,49-52,54-55,57-70H2,1-3H3/b10-7-,11-8-,19-16-,20-17-,27-25-,28-26-,33-31-,36-35-,41-32-,48-46-,56-53-. The van der Waals surface area contributed by atoms with Crippen LogP contribution in [0.3, 0.4) is 0 Å². The number of carbonyl (C=O) groups is 3. The third-order valence-corrected chi connectivity index (χ3v) is 13.9. The van der Waals surface area contributed by atoms with Gasteiger partial charge in [-0.05, 0) is 116 Å². The lowest BCUT2D eigenvalue weighted by atomic mass is 10.0. The zero-order valence-electron chi connectivity index (χ0n) is 52.0. The van der Waals surface area contributed by atoms with Crippen LogP contribution in [-0.4, -0.2) is 37.2 Å². The molecule has 1 unspecified atom stereocenters. The number of hydrogen-bond acceptors (Lipinski definition) is 6. The predicted molar refractivity (Wildman–Crippen MR) is 348 cm³/mol. The highest BCUT2D eigenvalue weighted by atomic mass is 16.6. The van der Waals surface area contributed by atoms with E-state index in [2.05, 4.69) is 154 Å². The van der Waals surface area contributed by atoms with E-state index in [0.29, 0.717) is 19.3 Å². The molecule has 454 valence electrons. The summed E-state index contributed by atoms with van der Waals surface area (Å²) in [4.78, 5) is 38.3. The number of unbranched alkanes of at least 4 members (excludes halogenated alkanes) is 26. The summed E-state index contributed by atoms with van der Waals surface area (Å²) in [5, 5.41) is 0. The summed E-state index contributed by atoms with van der Waals surface area (Å²) in [6.07, 6.45) is 94.7. The molecule has 0 N–H and O–H groups in total. The molecule has 0 bridgehead atoms. The highest BCUT2D eigenvalue weighted by Crippen LogP contribution is 2.16. The minimum Gasteiger partial charge on any atom is -0.462 e. The molecule has 80 heavy (non-hydrogen) atoms. The Morgan fingerprint density at radius 2 is 0.487 bits per heavy atom. The number of esters is 3. The smallest absolute Gasteiger partial charge is 0.306 e. The summed E-state index contributed by atoms with van der Waals surface area (Å²) in [6, 6.07) is 0. The monoisotopic (exact) mass is 1110 g/mol. The van der Waals surface area contributed by atoms with Crippen LogP contribution < -0.4 is 0 Å². The highest BCUT2D eigenvalue weighted by Gasteiger charge is 2.19. The van der Waals surface area contributed by atoms with Gasteiger partial charge in [-0.25, -0.2) is 0 Å². The van der Waals surface area contributed by atoms with Crippen molar-refractivity contribution in [1.82, 2.24) is 0 Å². The first-order chi connectivity index (χ1) is 39.5. The number of hydrogen-bond donors (Lipinski definition) is 0. The number of carbonyl (C=O) groups excluding carboxylic acids is 3. The fraction of sp³-hybridized carbons (Fsp3) is 0.662. The van der Waals surface area contributed by atoms with Crippen LogP contribution in [0.25, 0.3) is 0 Å². The van der Waals surface area contributed by atoms with Gasteiger partial charge in [0, 0.05) is 19.3 Å². The zero-order chi connectivity index (χ0) is 57.8. The summed E-state index contributed by atoms with van der Waals surface area (Å²) in [6.45, 7) is 6.39. The van der Waals surface area contributed by atoms with Crippen molar-refractivity contribution in [2.45, 2.75) is 303 Å². The van der Waals surface area contributed by atoms with Crippen molar-refractivity contribution in [3.05, 3.63) is 134 Å². The van der Waals surface area contributed by atoms with Gasteiger partial charge in [0.05, 0.1) is 0 Å². The summed E-state index contributed by atoms with van der Waals surface area (Å²) in [7, 11) is 0. The molecular weight excluding hydrogens is 985 g/mol. The van der Waals surface area contributed by atoms with Crippen LogP contribution in [0, 0.1) is 0 Å². The van der Waals surface area contributed by atoms with Crippen LogP contribution in [0.2, 0.25) is 0 Å². The molecular formula is C74H122O6. The highest BCUT2D eigenvalue weighted by molar-refractivity contribution is 5.71. The second-order valence-corrected chi connectivity index (χ2v) is 21.6. The van der Waals surface area contributed by atoms with Gasteiger partial charge in [-0.1, -0.05) is 296 Å². The average Bonchev–Trinajstić information content (AvgIpc) is 3.46. The largest absolute Gasteiger partial charge is 0.462 e. The Bertz CT molecular complexity index is 1700. The van der Waals surface area contributed by atoms with Gasteiger partial charge in [0.15, 0.2) is 6.10 Å². The first kappa shape index (κ1) is 75.5. The maximum absolute atomic E-state index is 12.9. The van der Waals surface area contributed by atoms with Crippen molar-refractivity contribution in [2.24, 2.45) is 0 Å². The van der Waals surface area contributed by atoms with Crippen LogP contribution in [-0.2, 0) is 28.6 Å². The van der Waals surface area contributed by atoms with Crippen molar-refractivity contribution in [3.63, 3.8) is 0 Å². The second-order valence-electron chi connectivity index (χ2n) is 21.6. The quantitative estimate of drug-likeness (QED) is 0.0261. The molecule has 0 radical (unpaired) electrons. The van der Waals surface area contributed by atoms with E-state index in [4.69, 9.17) is 14.2 Å². The van der Waals surface area contributed by atoms with Gasteiger partial charge in [0.2, 0.25) is 0 Å². The van der Waals surface area contributed by atoms with Gasteiger partial charge in [0.25, 0.3) is 0 Å². The third kappa shape index (κ3) is 64.4. The Hall–Kier alpha value is -4.45. The van der Waals surface area contributed by atoms with E-state index in [1.807, 2.05) is 0 Å². The van der Waals surface area contributed by atoms with Gasteiger partial charge in [-0.3, -0.25) is 14.4 Å². The molecule has 0 spiro atoms. The van der Waals surface area contributed by atoms with E-state index in [0.717, 1.165) is 122 Å². The molecule has 0 aliphatic heterocycles. The molecule has 0 aromatic heterocycles. The molecule has 0 amide bonds. The van der Waals surface area contributed by atoms with Gasteiger partial charge in [-0.15, -0.1) is 0 Å². The number of allylic oxidation sites excluding steroid dienone is 22. The summed E-state index contributed by atoms with van der Waals surface area (Å²) < 4.78 is 16.9. The molecule has 6 heteroatoms. The van der Waals surface area contributed by atoms with Gasteiger partial charge < -0.3 is 14.2 Å². The summed E-state index contributed by atoms with van der Waals surface area (Å²) in [5.74, 6) is -0.936. The van der Waals surface area contributed by atoms with E-state index in [1.54, 1.807) is 0 Å². The average molecular weight is 1110 g/mol. The van der Waals surface area contributed by atoms with Crippen LogP contribution in [0.15, 0.2) is 134 Å². The van der Waals surface area contributed by atoms with Crippen molar-refractivity contribution < 1.29 is 28.6 Å². The third-order valence-electron chi connectivity index (χ3n) is 13.9. The molecule has 0 aromatic rings. The maximum Gasteiger partial charge on any atom is 0.306 e. The van der Waals surface area contributed by atoms with Crippen molar-refractivity contribution in [3.8, 4) is 0 Å². The van der Waals surface area contributed by atoms with Crippen LogP contribution in [0.5, 0.6) is 0 Å². The molecule has 0 heterocycles. The normalized spacial score (nSPS) is 13.0. The summed E-state index contributed by atoms with van der Waals surface area (Å²) >= 11 is 0. The Morgan fingerprint density at radius 1 is 0.263 bits per heavy atom. The first-order valence-corrected chi connectivity index (χ1v) is 33.2. The molecule has 6 nitrogen and oxygen atoms in total. The van der Waals surface area contributed by atoms with Gasteiger partial charge >= 0.3 is 17.9 Å². The Kier molecular flexibility index (Phi) is 63.3. The van der Waals surface area contributed by atoms with Gasteiger partial charge in [0.1, 0.15) is 13.2 Å². The van der Waals surface area contributed by atoms with E-state index < -0.39 is 6.10 Å². The fourth-order valence-corrected chi connectivity index (χ4v) is 9.00. The molecule has 0 saturated heterocycles. The predicted octanol–water partition coefficient (Wildman–Crippen LogP) is 22.9. The minimum atomic E-state index is -0.805. The van der Waals surface area contributed by atoms with Crippen LogP contribution in [0.4, 0.5) is 0 Å². The van der Waals surface area contributed by atoms with Crippen LogP contribution >= 0.6 is 0 Å². The number of ether oxygens (including phenoxy) is 3. The molecule has 0 rings (SSSR count). The van der Waals surface area contributed by atoms with Gasteiger partial charge in [-0.2, -0.15) is 0 Å². The van der Waals surface area contributed by atoms with Crippen molar-refractivity contribution >= 4 is 17.9 Å². The topological polar surface area (TPSA) is 78.9 Å². The molecule has 0 fully saturated rings. The molecule has 0 aliphatic rings. The first-order valence-electron chi connectivity index (χ1n) is 33.2. The van der Waals surface area contributed by atoms with Crippen molar-refractivity contribution in [1.29, 1.82) is 0 Å². The molecule has 0 aliphatic carbocycles. The lowest BCUT2D eigenvalue weighted by Crippen LogP contribution is -2.30. The van der Waals surface area contributed by atoms with E-state index in [9.17, 15) is 14.4 Å². The SMILES string of the molecule is CC/C=C\C/C=C\C/C=C\C/C=C\C/C=C\C/C=C\CCCCC(=O)OC(COC(=O)CCCCCCCCCCCCCC)COC(=O)CCCCCCCCCCCCCCC/C=C\C/C=C\C/C=C\C/C=C\C/C=C\CC. The lowest BCUT2D eigenvalue weighted by Gasteiger charge is -2.18. The Labute approximate surface area is 494 Å². The number of rotatable bonds is 59. The second kappa shape index (κ2) is 67.1. The Balaban J connectivity index is 4.33. The molecule has 0 saturated carbocycles. The van der Waals surface area contributed by atoms with Crippen LogP contribution in [0.1, 0.15) is 297 Å².